The van der Waals surface area contributed by atoms with Gasteiger partial charge in [-0.05, 0) is 37.8 Å². The summed E-state index contributed by atoms with van der Waals surface area (Å²) >= 11 is 0. The molecule has 0 atom stereocenters. The summed E-state index contributed by atoms with van der Waals surface area (Å²) < 4.78 is 5.38. The SMILES string of the molecule is CCN(Cc1ccccc1C)C(=O)c1cc(CN2CCC(O)CC2)on1. The smallest absolute Gasteiger partial charge is 0.276 e. The normalized spacial score (nSPS) is 16.0. The van der Waals surface area contributed by atoms with Crippen LogP contribution in [-0.2, 0) is 13.1 Å². The molecule has 0 unspecified atom stereocenters. The Morgan fingerprint density at radius 3 is 2.77 bits per heavy atom. The molecule has 1 N–H and O–H groups in total. The summed E-state index contributed by atoms with van der Waals surface area (Å²) in [7, 11) is 0. The van der Waals surface area contributed by atoms with Crippen LogP contribution in [0.2, 0.25) is 0 Å². The molecule has 1 aliphatic heterocycles. The number of aromatic nitrogens is 1. The van der Waals surface area contributed by atoms with E-state index in [0.29, 0.717) is 31.1 Å². The molecule has 1 saturated heterocycles. The molecule has 6 nitrogen and oxygen atoms in total. The molecule has 140 valence electrons. The Bertz CT molecular complexity index is 735. The molecule has 0 bridgehead atoms. The van der Waals surface area contributed by atoms with Crippen LogP contribution < -0.4 is 0 Å². The third kappa shape index (κ3) is 4.51. The highest BCUT2D eigenvalue weighted by atomic mass is 16.5. The van der Waals surface area contributed by atoms with Crippen LogP contribution in [0.3, 0.4) is 0 Å². The molecule has 1 aliphatic rings. The lowest BCUT2D eigenvalue weighted by molar-refractivity contribution is 0.0731. The van der Waals surface area contributed by atoms with Crippen molar-refractivity contribution in [3.8, 4) is 0 Å². The highest BCUT2D eigenvalue weighted by Crippen LogP contribution is 2.17. The number of benzene rings is 1. The summed E-state index contributed by atoms with van der Waals surface area (Å²) in [6, 6.07) is 9.83. The van der Waals surface area contributed by atoms with Crippen molar-refractivity contribution in [1.29, 1.82) is 0 Å². The summed E-state index contributed by atoms with van der Waals surface area (Å²) in [6.07, 6.45) is 1.36. The molecule has 2 heterocycles. The predicted octanol–water partition coefficient (Wildman–Crippen LogP) is 2.60. The van der Waals surface area contributed by atoms with Crippen LogP contribution in [-0.4, -0.2) is 51.7 Å². The lowest BCUT2D eigenvalue weighted by atomic mass is 10.1. The summed E-state index contributed by atoms with van der Waals surface area (Å²) in [4.78, 5) is 16.8. The van der Waals surface area contributed by atoms with Crippen LogP contribution in [0.5, 0.6) is 0 Å². The van der Waals surface area contributed by atoms with Crippen molar-refractivity contribution in [3.05, 3.63) is 52.9 Å². The van der Waals surface area contributed by atoms with Gasteiger partial charge in [0.15, 0.2) is 11.5 Å². The van der Waals surface area contributed by atoms with Gasteiger partial charge in [-0.2, -0.15) is 0 Å². The fourth-order valence-electron chi connectivity index (χ4n) is 3.27. The van der Waals surface area contributed by atoms with E-state index in [2.05, 4.69) is 23.0 Å². The Morgan fingerprint density at radius 1 is 1.35 bits per heavy atom. The summed E-state index contributed by atoms with van der Waals surface area (Å²) in [5, 5.41) is 13.6. The zero-order chi connectivity index (χ0) is 18.5. The van der Waals surface area contributed by atoms with Crippen molar-refractivity contribution in [2.45, 2.75) is 45.9 Å². The summed E-state index contributed by atoms with van der Waals surface area (Å²) in [5.41, 5.74) is 2.66. The molecule has 1 aromatic carbocycles. The standard InChI is InChI=1S/C20H27N3O3/c1-3-23(13-16-7-5-4-6-15(16)2)20(25)19-12-18(26-21-19)14-22-10-8-17(24)9-11-22/h4-7,12,17,24H,3,8-11,13-14H2,1-2H3. The number of hydrogen-bond acceptors (Lipinski definition) is 5. The van der Waals surface area contributed by atoms with Gasteiger partial charge in [0.1, 0.15) is 0 Å². The number of nitrogens with zero attached hydrogens (tertiary/aromatic N) is 3. The van der Waals surface area contributed by atoms with Crippen molar-refractivity contribution >= 4 is 5.91 Å². The van der Waals surface area contributed by atoms with Gasteiger partial charge in [0.25, 0.3) is 5.91 Å². The molecule has 0 saturated carbocycles. The number of carbonyl (C=O) groups excluding carboxylic acids is 1. The monoisotopic (exact) mass is 357 g/mol. The largest absolute Gasteiger partial charge is 0.393 e. The maximum absolute atomic E-state index is 12.8. The van der Waals surface area contributed by atoms with Crippen molar-refractivity contribution in [2.24, 2.45) is 0 Å². The van der Waals surface area contributed by atoms with Gasteiger partial charge < -0.3 is 14.5 Å². The first kappa shape index (κ1) is 18.6. The fourth-order valence-corrected chi connectivity index (χ4v) is 3.27. The van der Waals surface area contributed by atoms with Crippen LogP contribution in [0.1, 0.15) is 47.1 Å². The van der Waals surface area contributed by atoms with Crippen LogP contribution in [0.15, 0.2) is 34.9 Å². The number of piperidine rings is 1. The van der Waals surface area contributed by atoms with Gasteiger partial charge in [-0.15, -0.1) is 0 Å². The van der Waals surface area contributed by atoms with E-state index in [1.165, 1.54) is 5.56 Å². The molecule has 0 spiro atoms. The lowest BCUT2D eigenvalue weighted by Crippen LogP contribution is -2.35. The van der Waals surface area contributed by atoms with E-state index in [1.807, 2.05) is 25.1 Å². The highest BCUT2D eigenvalue weighted by molar-refractivity contribution is 5.92. The Labute approximate surface area is 154 Å². The quantitative estimate of drug-likeness (QED) is 0.861. The number of hydrogen-bond donors (Lipinski definition) is 1. The van der Waals surface area contributed by atoms with Gasteiger partial charge in [-0.25, -0.2) is 0 Å². The van der Waals surface area contributed by atoms with Crippen LogP contribution >= 0.6 is 0 Å². The first-order valence-electron chi connectivity index (χ1n) is 9.26. The van der Waals surface area contributed by atoms with Gasteiger partial charge in [-0.3, -0.25) is 9.69 Å². The van der Waals surface area contributed by atoms with Crippen molar-refractivity contribution in [3.63, 3.8) is 0 Å². The first-order valence-corrected chi connectivity index (χ1v) is 9.26. The molecule has 3 rings (SSSR count). The number of rotatable bonds is 6. The number of aliphatic hydroxyl groups excluding tert-OH is 1. The average Bonchev–Trinajstić information content (AvgIpc) is 3.11. The van der Waals surface area contributed by atoms with Gasteiger partial charge in [0, 0.05) is 32.2 Å². The lowest BCUT2D eigenvalue weighted by Gasteiger charge is -2.28. The van der Waals surface area contributed by atoms with Crippen LogP contribution in [0.4, 0.5) is 0 Å². The third-order valence-electron chi connectivity index (χ3n) is 5.01. The van der Waals surface area contributed by atoms with Crippen molar-refractivity contribution < 1.29 is 14.4 Å². The van der Waals surface area contributed by atoms with Crippen molar-refractivity contribution in [1.82, 2.24) is 15.0 Å². The fraction of sp³-hybridized carbons (Fsp3) is 0.500. The molecule has 0 aliphatic carbocycles. The molecule has 1 fully saturated rings. The summed E-state index contributed by atoms with van der Waals surface area (Å²) in [6.45, 7) is 7.48. The van der Waals surface area contributed by atoms with E-state index < -0.39 is 0 Å². The zero-order valence-corrected chi connectivity index (χ0v) is 15.5. The van der Waals surface area contributed by atoms with Gasteiger partial charge in [0.05, 0.1) is 12.6 Å². The Balaban J connectivity index is 1.63. The van der Waals surface area contributed by atoms with Crippen LogP contribution in [0, 0.1) is 6.92 Å². The van der Waals surface area contributed by atoms with Gasteiger partial charge in [-0.1, -0.05) is 29.4 Å². The second-order valence-electron chi connectivity index (χ2n) is 6.93. The maximum atomic E-state index is 12.8. The van der Waals surface area contributed by atoms with Gasteiger partial charge in [0.2, 0.25) is 0 Å². The molecule has 26 heavy (non-hydrogen) atoms. The van der Waals surface area contributed by atoms with E-state index in [4.69, 9.17) is 4.52 Å². The number of amides is 1. The second-order valence-corrected chi connectivity index (χ2v) is 6.93. The van der Waals surface area contributed by atoms with E-state index in [0.717, 1.165) is 31.5 Å². The maximum Gasteiger partial charge on any atom is 0.276 e. The minimum absolute atomic E-state index is 0.111. The number of carbonyl (C=O) groups is 1. The molecular weight excluding hydrogens is 330 g/mol. The van der Waals surface area contributed by atoms with E-state index in [-0.39, 0.29) is 12.0 Å². The molecule has 2 aromatic rings. The molecule has 1 amide bonds. The Hall–Kier alpha value is -2.18. The first-order chi connectivity index (χ1) is 12.6. The van der Waals surface area contributed by atoms with E-state index in [1.54, 1.807) is 11.0 Å². The molecule has 1 aromatic heterocycles. The summed E-state index contributed by atoms with van der Waals surface area (Å²) in [5.74, 6) is 0.580. The van der Waals surface area contributed by atoms with E-state index >= 15 is 0 Å². The minimum atomic E-state index is -0.197. The predicted molar refractivity (Wildman–Crippen MR) is 98.6 cm³/mol. The molecular formula is C20H27N3O3. The number of aryl methyl sites for hydroxylation is 1. The highest BCUT2D eigenvalue weighted by Gasteiger charge is 2.22. The minimum Gasteiger partial charge on any atom is -0.393 e. The Morgan fingerprint density at radius 2 is 2.08 bits per heavy atom. The number of aliphatic hydroxyl groups is 1. The third-order valence-corrected chi connectivity index (χ3v) is 5.01. The molecule has 0 radical (unpaired) electrons. The van der Waals surface area contributed by atoms with Crippen LogP contribution in [0.25, 0.3) is 0 Å². The number of likely N-dealkylation sites (tertiary alicyclic amines) is 1. The topological polar surface area (TPSA) is 69.8 Å². The van der Waals surface area contributed by atoms with Crippen molar-refractivity contribution in [2.75, 3.05) is 19.6 Å². The second kappa shape index (κ2) is 8.47. The Kier molecular flexibility index (Phi) is 6.06. The van der Waals surface area contributed by atoms with E-state index in [9.17, 15) is 9.90 Å². The van der Waals surface area contributed by atoms with Gasteiger partial charge >= 0.3 is 0 Å². The average molecular weight is 357 g/mol. The molecule has 6 heteroatoms. The zero-order valence-electron chi connectivity index (χ0n) is 15.5.